The number of hydrogen-bond acceptors (Lipinski definition) is 5. The van der Waals surface area contributed by atoms with Gasteiger partial charge in [-0.1, -0.05) is 39.8 Å². The molecule has 2 heterocycles. The molecular formula is C12H19N3O2. The van der Waals surface area contributed by atoms with Crippen LogP contribution in [0.15, 0.2) is 15.0 Å². The fourth-order valence-corrected chi connectivity index (χ4v) is 1.13. The molecule has 0 spiro atoms. The Bertz CT molecular complexity index is 466. The second-order valence-corrected chi connectivity index (χ2v) is 4.45. The van der Waals surface area contributed by atoms with Gasteiger partial charge in [0, 0.05) is 18.4 Å². The van der Waals surface area contributed by atoms with E-state index >= 15 is 0 Å². The van der Waals surface area contributed by atoms with Crippen LogP contribution in [0.2, 0.25) is 0 Å². The van der Waals surface area contributed by atoms with Crippen molar-refractivity contribution in [2.24, 2.45) is 0 Å². The van der Waals surface area contributed by atoms with Crippen molar-refractivity contribution in [3.8, 4) is 11.6 Å². The molecule has 0 bridgehead atoms. The Labute approximate surface area is 101 Å². The van der Waals surface area contributed by atoms with Gasteiger partial charge < -0.3 is 8.94 Å². The number of rotatable bonds is 1. The zero-order valence-electron chi connectivity index (χ0n) is 11.2. The van der Waals surface area contributed by atoms with Gasteiger partial charge in [0.1, 0.15) is 5.76 Å². The summed E-state index contributed by atoms with van der Waals surface area (Å²) in [4.78, 5) is 0. The maximum atomic E-state index is 5.25. The molecule has 94 valence electrons. The molecule has 0 aliphatic carbocycles. The van der Waals surface area contributed by atoms with E-state index in [0.29, 0.717) is 17.5 Å². The molecule has 0 aliphatic rings. The smallest absolute Gasteiger partial charge is 0.269 e. The highest BCUT2D eigenvalue weighted by atomic mass is 16.5. The zero-order chi connectivity index (χ0) is 13.1. The molecule has 0 aromatic carbocycles. The molecule has 0 radical (unpaired) electrons. The van der Waals surface area contributed by atoms with Crippen LogP contribution < -0.4 is 0 Å². The minimum absolute atomic E-state index is 0.0691. The molecule has 2 rings (SSSR count). The lowest BCUT2D eigenvalue weighted by Crippen LogP contribution is -2.09. The standard InChI is InChI=1S/C10H13N3O2.C2H6/c1-6-11-12-9(14-6)7-5-8(15-13-7)10(2,3)4;1-2/h5H,1-4H3;1-2H3. The van der Waals surface area contributed by atoms with Crippen LogP contribution >= 0.6 is 0 Å². The Hall–Kier alpha value is -1.65. The van der Waals surface area contributed by atoms with Crippen molar-refractivity contribution in [3.05, 3.63) is 17.7 Å². The van der Waals surface area contributed by atoms with Crippen molar-refractivity contribution in [1.82, 2.24) is 15.4 Å². The van der Waals surface area contributed by atoms with Gasteiger partial charge in [0.05, 0.1) is 0 Å². The average molecular weight is 237 g/mol. The molecule has 0 aliphatic heterocycles. The van der Waals surface area contributed by atoms with E-state index < -0.39 is 0 Å². The van der Waals surface area contributed by atoms with Crippen LogP contribution in [0.4, 0.5) is 0 Å². The van der Waals surface area contributed by atoms with Gasteiger partial charge in [0.2, 0.25) is 5.89 Å². The maximum absolute atomic E-state index is 5.25. The second-order valence-electron chi connectivity index (χ2n) is 4.45. The lowest BCUT2D eigenvalue weighted by atomic mass is 9.93. The summed E-state index contributed by atoms with van der Waals surface area (Å²) >= 11 is 0. The highest BCUT2D eigenvalue weighted by Crippen LogP contribution is 2.26. The van der Waals surface area contributed by atoms with Crippen molar-refractivity contribution in [2.45, 2.75) is 47.0 Å². The second kappa shape index (κ2) is 5.12. The van der Waals surface area contributed by atoms with Gasteiger partial charge in [0.15, 0.2) is 5.69 Å². The molecule has 17 heavy (non-hydrogen) atoms. The number of nitrogens with zero attached hydrogens (tertiary/aromatic N) is 3. The number of hydrogen-bond donors (Lipinski definition) is 0. The third-order valence-corrected chi connectivity index (χ3v) is 1.99. The van der Waals surface area contributed by atoms with Gasteiger partial charge in [-0.2, -0.15) is 0 Å². The van der Waals surface area contributed by atoms with Gasteiger partial charge in [0.25, 0.3) is 5.89 Å². The summed E-state index contributed by atoms with van der Waals surface area (Å²) in [6.45, 7) is 11.9. The molecule has 0 amide bonds. The Balaban J connectivity index is 0.000000686. The monoisotopic (exact) mass is 237 g/mol. The molecule has 0 fully saturated rings. The SMILES string of the molecule is CC.Cc1nnc(-c2cc(C(C)(C)C)on2)o1. The molecule has 0 unspecified atom stereocenters. The normalized spacial score (nSPS) is 10.9. The van der Waals surface area contributed by atoms with E-state index in [9.17, 15) is 0 Å². The summed E-state index contributed by atoms with van der Waals surface area (Å²) < 4.78 is 10.5. The largest absolute Gasteiger partial charge is 0.420 e. The van der Waals surface area contributed by atoms with Gasteiger partial charge in [-0.05, 0) is 0 Å². The molecule has 0 N–H and O–H groups in total. The molecule has 0 atom stereocenters. The third-order valence-electron chi connectivity index (χ3n) is 1.99. The first kappa shape index (κ1) is 13.4. The summed E-state index contributed by atoms with van der Waals surface area (Å²) in [6, 6.07) is 1.83. The summed E-state index contributed by atoms with van der Waals surface area (Å²) in [5, 5.41) is 11.5. The summed E-state index contributed by atoms with van der Waals surface area (Å²) in [5.41, 5.74) is 0.515. The molecule has 0 saturated carbocycles. The molecule has 5 nitrogen and oxygen atoms in total. The van der Waals surface area contributed by atoms with Crippen LogP contribution in [-0.4, -0.2) is 15.4 Å². The Morgan fingerprint density at radius 1 is 1.12 bits per heavy atom. The average Bonchev–Trinajstić information content (AvgIpc) is 2.87. The van der Waals surface area contributed by atoms with Crippen LogP contribution in [0, 0.1) is 6.92 Å². The van der Waals surface area contributed by atoms with E-state index in [4.69, 9.17) is 8.94 Å². The predicted octanol–water partition coefficient (Wildman–Crippen LogP) is 3.36. The van der Waals surface area contributed by atoms with Crippen LogP contribution in [-0.2, 0) is 5.41 Å². The lowest BCUT2D eigenvalue weighted by Gasteiger charge is -2.11. The first-order chi connectivity index (χ1) is 7.97. The van der Waals surface area contributed by atoms with Crippen molar-refractivity contribution in [2.75, 3.05) is 0 Å². The Kier molecular flexibility index (Phi) is 4.04. The van der Waals surface area contributed by atoms with Crippen molar-refractivity contribution < 1.29 is 8.94 Å². The third kappa shape index (κ3) is 3.15. The number of aromatic nitrogens is 3. The predicted molar refractivity (Wildman–Crippen MR) is 64.6 cm³/mol. The summed E-state index contributed by atoms with van der Waals surface area (Å²) in [7, 11) is 0. The lowest BCUT2D eigenvalue weighted by molar-refractivity contribution is 0.329. The minimum atomic E-state index is -0.0691. The molecule has 2 aromatic rings. The van der Waals surface area contributed by atoms with Gasteiger partial charge in [-0.3, -0.25) is 0 Å². The Morgan fingerprint density at radius 3 is 2.18 bits per heavy atom. The van der Waals surface area contributed by atoms with Gasteiger partial charge in [-0.25, -0.2) is 0 Å². The van der Waals surface area contributed by atoms with E-state index in [1.54, 1.807) is 6.92 Å². The quantitative estimate of drug-likeness (QED) is 0.760. The summed E-state index contributed by atoms with van der Waals surface area (Å²) in [5.74, 6) is 1.71. The maximum Gasteiger partial charge on any atom is 0.269 e. The van der Waals surface area contributed by atoms with Crippen LogP contribution in [0.3, 0.4) is 0 Å². The van der Waals surface area contributed by atoms with E-state index in [0.717, 1.165) is 5.76 Å². The van der Waals surface area contributed by atoms with Gasteiger partial charge in [-0.15, -0.1) is 10.2 Å². The Morgan fingerprint density at radius 2 is 1.76 bits per heavy atom. The molecule has 0 saturated heterocycles. The van der Waals surface area contributed by atoms with Crippen molar-refractivity contribution in [3.63, 3.8) is 0 Å². The fraction of sp³-hybridized carbons (Fsp3) is 0.583. The first-order valence-corrected chi connectivity index (χ1v) is 5.74. The highest BCUT2D eigenvalue weighted by molar-refractivity contribution is 5.46. The van der Waals surface area contributed by atoms with Crippen LogP contribution in [0.25, 0.3) is 11.6 Å². The highest BCUT2D eigenvalue weighted by Gasteiger charge is 2.21. The van der Waals surface area contributed by atoms with E-state index in [1.165, 1.54) is 0 Å². The van der Waals surface area contributed by atoms with E-state index in [-0.39, 0.29) is 5.41 Å². The van der Waals surface area contributed by atoms with Gasteiger partial charge >= 0.3 is 0 Å². The van der Waals surface area contributed by atoms with Crippen molar-refractivity contribution in [1.29, 1.82) is 0 Å². The van der Waals surface area contributed by atoms with Crippen molar-refractivity contribution >= 4 is 0 Å². The topological polar surface area (TPSA) is 65.0 Å². The molecule has 5 heteroatoms. The minimum Gasteiger partial charge on any atom is -0.420 e. The van der Waals surface area contributed by atoms with Crippen LogP contribution in [0.5, 0.6) is 0 Å². The number of aryl methyl sites for hydroxylation is 1. The van der Waals surface area contributed by atoms with Crippen LogP contribution in [0.1, 0.15) is 46.3 Å². The fourth-order valence-electron chi connectivity index (χ4n) is 1.13. The summed E-state index contributed by atoms with van der Waals surface area (Å²) in [6.07, 6.45) is 0. The molecule has 2 aromatic heterocycles. The van der Waals surface area contributed by atoms with E-state index in [2.05, 4.69) is 36.1 Å². The first-order valence-electron chi connectivity index (χ1n) is 5.74. The molecular weight excluding hydrogens is 218 g/mol. The van der Waals surface area contributed by atoms with E-state index in [1.807, 2.05) is 19.9 Å². The zero-order valence-corrected chi connectivity index (χ0v) is 11.2.